The second kappa shape index (κ2) is 5.67. The summed E-state index contributed by atoms with van der Waals surface area (Å²) in [4.78, 5) is 48.7. The SMILES string of the molecule is O=c1[nH]c(=O)c2ncn([C@H]3C[C@H](O)[C@@H](COP(=O)(O)O)O3)c2[nH]1. The number of phosphoric ester groups is 1. The Morgan fingerprint density at radius 3 is 2.87 bits per heavy atom. The van der Waals surface area contributed by atoms with E-state index >= 15 is 0 Å². The van der Waals surface area contributed by atoms with Crippen LogP contribution in [0.5, 0.6) is 0 Å². The lowest BCUT2D eigenvalue weighted by molar-refractivity contribution is -0.0424. The van der Waals surface area contributed by atoms with Gasteiger partial charge in [-0.3, -0.25) is 23.9 Å². The van der Waals surface area contributed by atoms with E-state index in [-0.39, 0.29) is 17.6 Å². The summed E-state index contributed by atoms with van der Waals surface area (Å²) in [6, 6.07) is 0. The van der Waals surface area contributed by atoms with Crippen LogP contribution in [0.2, 0.25) is 0 Å². The van der Waals surface area contributed by atoms with Crippen molar-refractivity contribution in [3.05, 3.63) is 27.2 Å². The number of rotatable bonds is 4. The molecule has 0 amide bonds. The minimum atomic E-state index is -4.68. The Bertz CT molecular complexity index is 881. The molecule has 1 aliphatic heterocycles. The highest BCUT2D eigenvalue weighted by Crippen LogP contribution is 2.38. The van der Waals surface area contributed by atoms with Gasteiger partial charge in [0.05, 0.1) is 19.0 Å². The van der Waals surface area contributed by atoms with Crippen LogP contribution >= 0.6 is 7.82 Å². The predicted octanol–water partition coefficient (Wildman–Crippen LogP) is -1.83. The lowest BCUT2D eigenvalue weighted by Gasteiger charge is -2.16. The molecule has 2 aromatic rings. The van der Waals surface area contributed by atoms with Gasteiger partial charge in [0, 0.05) is 6.42 Å². The van der Waals surface area contributed by atoms with E-state index in [4.69, 9.17) is 14.5 Å². The molecule has 5 N–H and O–H groups in total. The summed E-state index contributed by atoms with van der Waals surface area (Å²) >= 11 is 0. The Hall–Kier alpha value is -1.82. The van der Waals surface area contributed by atoms with E-state index in [1.54, 1.807) is 0 Å². The lowest BCUT2D eigenvalue weighted by atomic mass is 10.2. The molecule has 0 aromatic carbocycles. The van der Waals surface area contributed by atoms with Gasteiger partial charge in [-0.05, 0) is 0 Å². The second-order valence-electron chi connectivity index (χ2n) is 4.98. The smallest absolute Gasteiger partial charge is 0.390 e. The number of aromatic amines is 2. The molecule has 23 heavy (non-hydrogen) atoms. The monoisotopic (exact) mass is 348 g/mol. The molecule has 1 aliphatic rings. The van der Waals surface area contributed by atoms with Crippen LogP contribution in [0.25, 0.3) is 11.2 Å². The van der Waals surface area contributed by atoms with Crippen LogP contribution in [-0.2, 0) is 13.8 Å². The molecule has 3 heterocycles. The molecule has 0 spiro atoms. The van der Waals surface area contributed by atoms with E-state index in [2.05, 4.69) is 14.5 Å². The Labute approximate surface area is 126 Å². The van der Waals surface area contributed by atoms with Gasteiger partial charge < -0.3 is 19.6 Å². The van der Waals surface area contributed by atoms with Gasteiger partial charge in [0.1, 0.15) is 18.0 Å². The van der Waals surface area contributed by atoms with Gasteiger partial charge >= 0.3 is 13.5 Å². The molecule has 13 heteroatoms. The van der Waals surface area contributed by atoms with E-state index < -0.39 is 44.1 Å². The number of hydrogen-bond acceptors (Lipinski definition) is 7. The zero-order chi connectivity index (χ0) is 16.8. The van der Waals surface area contributed by atoms with Gasteiger partial charge in [-0.15, -0.1) is 0 Å². The number of nitrogens with zero attached hydrogens (tertiary/aromatic N) is 2. The van der Waals surface area contributed by atoms with Crippen molar-refractivity contribution < 1.29 is 28.7 Å². The molecule has 3 atom stereocenters. The van der Waals surface area contributed by atoms with E-state index in [0.29, 0.717) is 0 Å². The van der Waals surface area contributed by atoms with Gasteiger partial charge in [0.2, 0.25) is 0 Å². The summed E-state index contributed by atoms with van der Waals surface area (Å²) in [5, 5.41) is 9.90. The van der Waals surface area contributed by atoms with Crippen LogP contribution in [0.1, 0.15) is 12.6 Å². The number of aliphatic hydroxyl groups is 1. The number of ether oxygens (including phenoxy) is 1. The van der Waals surface area contributed by atoms with Crippen molar-refractivity contribution in [2.75, 3.05) is 6.61 Å². The molecule has 1 fully saturated rings. The maximum atomic E-state index is 11.6. The summed E-state index contributed by atoms with van der Waals surface area (Å²) in [6.07, 6.45) is -1.47. The van der Waals surface area contributed by atoms with Gasteiger partial charge in [-0.2, -0.15) is 0 Å². The lowest BCUT2D eigenvalue weighted by Crippen LogP contribution is -2.26. The van der Waals surface area contributed by atoms with E-state index in [9.17, 15) is 19.3 Å². The van der Waals surface area contributed by atoms with Crippen LogP contribution in [0.4, 0.5) is 0 Å². The zero-order valence-corrected chi connectivity index (χ0v) is 12.3. The van der Waals surface area contributed by atoms with E-state index in [0.717, 1.165) is 0 Å². The van der Waals surface area contributed by atoms with Crippen LogP contribution < -0.4 is 11.2 Å². The first kappa shape index (κ1) is 16.1. The number of fused-ring (bicyclic) bond motifs is 1. The van der Waals surface area contributed by atoms with Crippen molar-refractivity contribution in [3.8, 4) is 0 Å². The largest absolute Gasteiger partial charge is 0.469 e. The van der Waals surface area contributed by atoms with Gasteiger partial charge in [-0.25, -0.2) is 14.3 Å². The van der Waals surface area contributed by atoms with Crippen molar-refractivity contribution in [2.24, 2.45) is 0 Å². The maximum Gasteiger partial charge on any atom is 0.469 e. The highest BCUT2D eigenvalue weighted by atomic mass is 31.2. The zero-order valence-electron chi connectivity index (χ0n) is 11.4. The fraction of sp³-hybridized carbons (Fsp3) is 0.500. The molecule has 0 bridgehead atoms. The number of nitrogens with one attached hydrogen (secondary N) is 2. The minimum absolute atomic E-state index is 0.00222. The van der Waals surface area contributed by atoms with Gasteiger partial charge in [-0.1, -0.05) is 0 Å². The molecular weight excluding hydrogens is 335 g/mol. The molecule has 3 rings (SSSR count). The standard InChI is InChI=1S/C10H13N4O8P/c15-4-1-6(22-5(4)2-21-23(18,19)20)14-3-11-7-8(14)12-10(17)13-9(7)16/h3-6,15H,1-2H2,(H2,18,19,20)(H2,12,13,16,17)/t4-,5+,6+/m0/s1. The molecular formula is C10H13N4O8P. The fourth-order valence-electron chi connectivity index (χ4n) is 2.38. The average molecular weight is 348 g/mol. The summed E-state index contributed by atoms with van der Waals surface area (Å²) < 4.78 is 21.8. The van der Waals surface area contributed by atoms with Gasteiger partial charge in [0.25, 0.3) is 5.56 Å². The third-order valence-corrected chi connectivity index (χ3v) is 3.87. The number of H-pyrrole nitrogens is 2. The van der Waals surface area contributed by atoms with Crippen molar-refractivity contribution in [2.45, 2.75) is 24.9 Å². The van der Waals surface area contributed by atoms with Crippen LogP contribution in [0.15, 0.2) is 15.9 Å². The van der Waals surface area contributed by atoms with Crippen molar-refractivity contribution in [3.63, 3.8) is 0 Å². The maximum absolute atomic E-state index is 11.6. The quantitative estimate of drug-likeness (QED) is 0.397. The molecule has 126 valence electrons. The molecule has 0 unspecified atom stereocenters. The number of aromatic nitrogens is 4. The summed E-state index contributed by atoms with van der Waals surface area (Å²) in [7, 11) is -4.68. The topological polar surface area (TPSA) is 180 Å². The highest BCUT2D eigenvalue weighted by molar-refractivity contribution is 7.46. The number of imidazole rings is 1. The molecule has 0 radical (unpaired) electrons. The van der Waals surface area contributed by atoms with Crippen molar-refractivity contribution in [1.82, 2.24) is 19.5 Å². The summed E-state index contributed by atoms with van der Waals surface area (Å²) in [5.41, 5.74) is -1.27. The average Bonchev–Trinajstić information content (AvgIpc) is 2.99. The summed E-state index contributed by atoms with van der Waals surface area (Å²) in [6.45, 7) is -0.508. The predicted molar refractivity (Wildman–Crippen MR) is 73.5 cm³/mol. The fourth-order valence-corrected chi connectivity index (χ4v) is 2.72. The number of aliphatic hydroxyl groups excluding tert-OH is 1. The second-order valence-corrected chi connectivity index (χ2v) is 6.22. The van der Waals surface area contributed by atoms with Crippen molar-refractivity contribution >= 4 is 19.0 Å². The Kier molecular flexibility index (Phi) is 3.96. The molecule has 0 aliphatic carbocycles. The Morgan fingerprint density at radius 2 is 2.17 bits per heavy atom. The third kappa shape index (κ3) is 3.27. The Morgan fingerprint density at radius 1 is 1.43 bits per heavy atom. The third-order valence-electron chi connectivity index (χ3n) is 3.39. The first-order valence-electron chi connectivity index (χ1n) is 6.47. The molecule has 1 saturated heterocycles. The van der Waals surface area contributed by atoms with Gasteiger partial charge in [0.15, 0.2) is 5.52 Å². The van der Waals surface area contributed by atoms with Crippen LogP contribution in [0.3, 0.4) is 0 Å². The van der Waals surface area contributed by atoms with Crippen molar-refractivity contribution in [1.29, 1.82) is 0 Å². The first-order chi connectivity index (χ1) is 10.7. The number of phosphoric acid groups is 1. The van der Waals surface area contributed by atoms with Crippen LogP contribution in [-0.4, -0.2) is 53.2 Å². The Balaban J connectivity index is 1.85. The normalized spacial score (nSPS) is 25.3. The van der Waals surface area contributed by atoms with E-state index in [1.165, 1.54) is 10.9 Å². The van der Waals surface area contributed by atoms with E-state index in [1.807, 2.05) is 4.98 Å². The van der Waals surface area contributed by atoms with Crippen LogP contribution in [0, 0.1) is 0 Å². The number of hydrogen-bond donors (Lipinski definition) is 5. The first-order valence-corrected chi connectivity index (χ1v) is 8.00. The molecule has 0 saturated carbocycles. The molecule has 12 nitrogen and oxygen atoms in total. The highest BCUT2D eigenvalue weighted by Gasteiger charge is 2.37. The summed E-state index contributed by atoms with van der Waals surface area (Å²) in [5.74, 6) is 0. The molecule has 2 aromatic heterocycles. The minimum Gasteiger partial charge on any atom is -0.390 e.